The minimum absolute atomic E-state index is 0.615. The molecule has 0 heteroatoms. The summed E-state index contributed by atoms with van der Waals surface area (Å²) in [7, 11) is 0. The summed E-state index contributed by atoms with van der Waals surface area (Å²) in [6.07, 6.45) is 15.6. The molecule has 4 aliphatic rings. The van der Waals surface area contributed by atoms with Crippen LogP contribution in [0.1, 0.15) is 85.0 Å². The summed E-state index contributed by atoms with van der Waals surface area (Å²) in [6, 6.07) is 0. The fourth-order valence-electron chi connectivity index (χ4n) is 7.71. The monoisotopic (exact) mass is 260 g/mol. The summed E-state index contributed by atoms with van der Waals surface area (Å²) >= 11 is 0. The van der Waals surface area contributed by atoms with Crippen molar-refractivity contribution in [1.29, 1.82) is 0 Å². The van der Waals surface area contributed by atoms with E-state index < -0.39 is 0 Å². The van der Waals surface area contributed by atoms with E-state index in [1.54, 1.807) is 44.9 Å². The molecule has 4 rings (SSSR count). The zero-order valence-electron chi connectivity index (χ0n) is 13.3. The van der Waals surface area contributed by atoms with Gasteiger partial charge in [-0.2, -0.15) is 0 Å². The first kappa shape index (κ1) is 12.7. The van der Waals surface area contributed by atoms with Crippen LogP contribution in [0.15, 0.2) is 0 Å². The van der Waals surface area contributed by atoms with E-state index in [4.69, 9.17) is 0 Å². The molecular formula is C19H32. The van der Waals surface area contributed by atoms with Crippen molar-refractivity contribution in [2.75, 3.05) is 0 Å². The van der Waals surface area contributed by atoms with Crippen molar-refractivity contribution in [3.63, 3.8) is 0 Å². The van der Waals surface area contributed by atoms with Crippen molar-refractivity contribution in [2.45, 2.75) is 85.0 Å². The second-order valence-electron chi connectivity index (χ2n) is 9.54. The third kappa shape index (κ3) is 1.58. The van der Waals surface area contributed by atoms with Crippen LogP contribution in [0, 0.1) is 34.0 Å². The zero-order chi connectivity index (χ0) is 13.3. The molecule has 0 radical (unpaired) electrons. The Morgan fingerprint density at radius 2 is 1.53 bits per heavy atom. The number of rotatable bonds is 0. The van der Waals surface area contributed by atoms with Gasteiger partial charge in [0, 0.05) is 0 Å². The molecule has 4 saturated carbocycles. The van der Waals surface area contributed by atoms with Gasteiger partial charge in [-0.1, -0.05) is 33.6 Å². The Labute approximate surface area is 119 Å². The maximum Gasteiger partial charge on any atom is -0.0259 e. The van der Waals surface area contributed by atoms with E-state index in [1.807, 2.05) is 0 Å². The molecule has 4 aliphatic carbocycles. The first-order chi connectivity index (χ1) is 8.96. The second-order valence-corrected chi connectivity index (χ2v) is 9.54. The van der Waals surface area contributed by atoms with Crippen molar-refractivity contribution in [1.82, 2.24) is 0 Å². The van der Waals surface area contributed by atoms with Gasteiger partial charge in [0.25, 0.3) is 0 Å². The molecular weight excluding hydrogens is 228 g/mol. The molecule has 4 fully saturated rings. The number of hydrogen-bond donors (Lipinski definition) is 0. The molecule has 0 unspecified atom stereocenters. The van der Waals surface area contributed by atoms with E-state index in [2.05, 4.69) is 20.8 Å². The molecule has 0 heterocycles. The second kappa shape index (κ2) is 3.80. The molecule has 5 atom stereocenters. The van der Waals surface area contributed by atoms with Crippen molar-refractivity contribution < 1.29 is 0 Å². The summed E-state index contributed by atoms with van der Waals surface area (Å²) in [5, 5.41) is 0. The highest BCUT2D eigenvalue weighted by molar-refractivity contribution is 5.11. The SMILES string of the molecule is CC1(C)CCC[C@@]2(C)[C@H]1CC[C@@]13CC[C@H](CC[C@@H]12)C3. The lowest BCUT2D eigenvalue weighted by atomic mass is 9.41. The Balaban J connectivity index is 1.73. The summed E-state index contributed by atoms with van der Waals surface area (Å²) in [5.41, 5.74) is 2.11. The standard InChI is InChI=1S/C19H32/c1-17(2)9-4-10-18(3)15(17)8-12-19-11-7-14(13-19)5-6-16(18)19/h14-16H,4-13H2,1-3H3/t14-,15-,16+,18-,19+/m0/s1. The van der Waals surface area contributed by atoms with E-state index in [-0.39, 0.29) is 0 Å². The Morgan fingerprint density at radius 1 is 0.737 bits per heavy atom. The van der Waals surface area contributed by atoms with Crippen LogP contribution in [0.4, 0.5) is 0 Å². The Hall–Kier alpha value is 0. The minimum Gasteiger partial charge on any atom is -0.0596 e. The van der Waals surface area contributed by atoms with Crippen molar-refractivity contribution >= 4 is 0 Å². The minimum atomic E-state index is 0.615. The Morgan fingerprint density at radius 3 is 2.37 bits per heavy atom. The summed E-state index contributed by atoms with van der Waals surface area (Å²) in [6.45, 7) is 7.86. The summed E-state index contributed by atoms with van der Waals surface area (Å²) < 4.78 is 0. The highest BCUT2D eigenvalue weighted by atomic mass is 14.7. The maximum atomic E-state index is 2.71. The van der Waals surface area contributed by atoms with Gasteiger partial charge < -0.3 is 0 Å². The fourth-order valence-corrected chi connectivity index (χ4v) is 7.71. The van der Waals surface area contributed by atoms with Crippen molar-refractivity contribution in [3.8, 4) is 0 Å². The molecule has 0 N–H and O–H groups in total. The molecule has 0 nitrogen and oxygen atoms in total. The Kier molecular flexibility index (Phi) is 2.54. The number of fused-ring (bicyclic) bond motifs is 3. The smallest absolute Gasteiger partial charge is 0.0259 e. The van der Waals surface area contributed by atoms with Gasteiger partial charge in [-0.3, -0.25) is 0 Å². The van der Waals surface area contributed by atoms with E-state index in [0.29, 0.717) is 10.8 Å². The van der Waals surface area contributed by atoms with E-state index in [9.17, 15) is 0 Å². The van der Waals surface area contributed by atoms with Gasteiger partial charge in [0.1, 0.15) is 0 Å². The lowest BCUT2D eigenvalue weighted by Crippen LogP contribution is -2.55. The topological polar surface area (TPSA) is 0 Å². The van der Waals surface area contributed by atoms with Gasteiger partial charge in [-0.05, 0) is 85.4 Å². The van der Waals surface area contributed by atoms with Gasteiger partial charge in [-0.15, -0.1) is 0 Å². The lowest BCUT2D eigenvalue weighted by molar-refractivity contribution is -0.144. The first-order valence-electron chi connectivity index (χ1n) is 8.96. The van der Waals surface area contributed by atoms with Gasteiger partial charge in [0.05, 0.1) is 0 Å². The van der Waals surface area contributed by atoms with Crippen LogP contribution >= 0.6 is 0 Å². The quantitative estimate of drug-likeness (QED) is 0.515. The average Bonchev–Trinajstić information content (AvgIpc) is 2.64. The first-order valence-corrected chi connectivity index (χ1v) is 8.96. The maximum absolute atomic E-state index is 2.71. The van der Waals surface area contributed by atoms with Crippen LogP contribution in [-0.4, -0.2) is 0 Å². The summed E-state index contributed by atoms with van der Waals surface area (Å²) in [4.78, 5) is 0. The predicted molar refractivity (Wildman–Crippen MR) is 81.0 cm³/mol. The molecule has 2 bridgehead atoms. The van der Waals surface area contributed by atoms with Gasteiger partial charge >= 0.3 is 0 Å². The fraction of sp³-hybridized carbons (Fsp3) is 1.00. The molecule has 0 saturated heterocycles. The van der Waals surface area contributed by atoms with Crippen LogP contribution in [0.25, 0.3) is 0 Å². The largest absolute Gasteiger partial charge is 0.0596 e. The zero-order valence-corrected chi connectivity index (χ0v) is 13.3. The molecule has 19 heavy (non-hydrogen) atoms. The molecule has 0 aromatic heterocycles. The lowest BCUT2D eigenvalue weighted by Gasteiger charge is -2.64. The predicted octanol–water partition coefficient (Wildman–Crippen LogP) is 5.81. The van der Waals surface area contributed by atoms with Crippen LogP contribution in [0.5, 0.6) is 0 Å². The average molecular weight is 260 g/mol. The third-order valence-electron chi connectivity index (χ3n) is 8.35. The molecule has 0 aliphatic heterocycles. The molecule has 0 aromatic rings. The molecule has 0 aromatic carbocycles. The van der Waals surface area contributed by atoms with Crippen molar-refractivity contribution in [3.05, 3.63) is 0 Å². The van der Waals surface area contributed by atoms with Crippen LogP contribution in [0.3, 0.4) is 0 Å². The van der Waals surface area contributed by atoms with Crippen LogP contribution in [0.2, 0.25) is 0 Å². The van der Waals surface area contributed by atoms with E-state index in [1.165, 1.54) is 19.3 Å². The number of hydrogen-bond acceptors (Lipinski definition) is 0. The van der Waals surface area contributed by atoms with Crippen molar-refractivity contribution in [2.24, 2.45) is 34.0 Å². The Bertz CT molecular complexity index is 381. The van der Waals surface area contributed by atoms with E-state index in [0.717, 1.165) is 23.2 Å². The molecule has 108 valence electrons. The highest BCUT2D eigenvalue weighted by Gasteiger charge is 2.62. The van der Waals surface area contributed by atoms with Gasteiger partial charge in [-0.25, -0.2) is 0 Å². The van der Waals surface area contributed by atoms with E-state index >= 15 is 0 Å². The third-order valence-corrected chi connectivity index (χ3v) is 8.35. The van der Waals surface area contributed by atoms with Crippen LogP contribution in [-0.2, 0) is 0 Å². The van der Waals surface area contributed by atoms with Gasteiger partial charge in [0.2, 0.25) is 0 Å². The molecule has 0 amide bonds. The van der Waals surface area contributed by atoms with Crippen LogP contribution < -0.4 is 0 Å². The normalized spacial score (nSPS) is 55.4. The highest BCUT2D eigenvalue weighted by Crippen LogP contribution is 2.71. The molecule has 1 spiro atoms. The summed E-state index contributed by atoms with van der Waals surface area (Å²) in [5.74, 6) is 3.21. The van der Waals surface area contributed by atoms with Gasteiger partial charge in [0.15, 0.2) is 0 Å².